The Hall–Kier alpha value is -2.67. The third kappa shape index (κ3) is 6.39. The first kappa shape index (κ1) is 18.7. The number of anilines is 1. The molecule has 2 aromatic carbocycles. The van der Waals surface area contributed by atoms with E-state index in [1.807, 2.05) is 0 Å². The van der Waals surface area contributed by atoms with Crippen LogP contribution in [0, 0.1) is 0 Å². The van der Waals surface area contributed by atoms with Crippen LogP contribution >= 0.6 is 11.6 Å². The Kier molecular flexibility index (Phi) is 6.71. The second kappa shape index (κ2) is 8.98. The van der Waals surface area contributed by atoms with Crippen LogP contribution in [0.2, 0.25) is 5.02 Å². The molecular weight excluding hydrogens is 354 g/mol. The Bertz CT molecular complexity index is 722. The zero-order chi connectivity index (χ0) is 18.2. The molecule has 0 atom stereocenters. The Morgan fingerprint density at radius 3 is 2.28 bits per heavy atom. The highest BCUT2D eigenvalue weighted by Gasteiger charge is 2.08. The second-order valence-corrected chi connectivity index (χ2v) is 5.40. The van der Waals surface area contributed by atoms with Crippen molar-refractivity contribution in [3.05, 3.63) is 59.1 Å². The van der Waals surface area contributed by atoms with Gasteiger partial charge in [0.2, 0.25) is 5.91 Å². The molecule has 132 valence electrons. The van der Waals surface area contributed by atoms with Gasteiger partial charge >= 0.3 is 6.61 Å². The largest absolute Gasteiger partial charge is 0.435 e. The van der Waals surface area contributed by atoms with Gasteiger partial charge < -0.3 is 15.4 Å². The molecule has 5 nitrogen and oxygen atoms in total. The second-order valence-electron chi connectivity index (χ2n) is 4.96. The Morgan fingerprint density at radius 2 is 1.68 bits per heavy atom. The first-order valence-electron chi connectivity index (χ1n) is 7.32. The van der Waals surface area contributed by atoms with Crippen molar-refractivity contribution >= 4 is 29.1 Å². The molecule has 2 N–H and O–H groups in total. The normalized spacial score (nSPS) is 10.4. The first-order chi connectivity index (χ1) is 11.9. The predicted molar refractivity (Wildman–Crippen MR) is 90.1 cm³/mol. The Balaban J connectivity index is 1.75. The van der Waals surface area contributed by atoms with Crippen LogP contribution in [0.1, 0.15) is 16.8 Å². The van der Waals surface area contributed by atoms with E-state index in [-0.39, 0.29) is 30.5 Å². The smallest absolute Gasteiger partial charge is 0.387 e. The van der Waals surface area contributed by atoms with Crippen LogP contribution in [0.4, 0.5) is 14.5 Å². The van der Waals surface area contributed by atoms with Crippen molar-refractivity contribution in [3.63, 3.8) is 0 Å². The molecule has 0 aromatic heterocycles. The van der Waals surface area contributed by atoms with Crippen molar-refractivity contribution in [1.29, 1.82) is 0 Å². The number of hydrogen-bond acceptors (Lipinski definition) is 3. The van der Waals surface area contributed by atoms with Gasteiger partial charge in [-0.05, 0) is 48.5 Å². The van der Waals surface area contributed by atoms with Crippen molar-refractivity contribution in [2.24, 2.45) is 0 Å². The molecule has 0 radical (unpaired) electrons. The summed E-state index contributed by atoms with van der Waals surface area (Å²) in [5, 5.41) is 5.74. The van der Waals surface area contributed by atoms with Gasteiger partial charge in [0, 0.05) is 29.2 Å². The Labute approximate surface area is 147 Å². The number of amides is 2. The molecule has 2 rings (SSSR count). The average molecular weight is 369 g/mol. The van der Waals surface area contributed by atoms with Gasteiger partial charge in [0.1, 0.15) is 5.75 Å². The molecule has 2 amide bonds. The molecule has 0 aliphatic rings. The van der Waals surface area contributed by atoms with E-state index >= 15 is 0 Å². The summed E-state index contributed by atoms with van der Waals surface area (Å²) < 4.78 is 28.3. The molecule has 2 aromatic rings. The van der Waals surface area contributed by atoms with Crippen LogP contribution in [-0.4, -0.2) is 25.0 Å². The number of carbonyl (C=O) groups is 2. The van der Waals surface area contributed by atoms with E-state index in [2.05, 4.69) is 15.4 Å². The summed E-state index contributed by atoms with van der Waals surface area (Å²) in [5.41, 5.74) is 0.884. The highest BCUT2D eigenvalue weighted by molar-refractivity contribution is 6.30. The maximum Gasteiger partial charge on any atom is 0.387 e. The lowest BCUT2D eigenvalue weighted by Gasteiger charge is -2.08. The Morgan fingerprint density at radius 1 is 1.04 bits per heavy atom. The fourth-order valence-electron chi connectivity index (χ4n) is 1.94. The summed E-state index contributed by atoms with van der Waals surface area (Å²) in [7, 11) is 0. The standard InChI is InChI=1S/C17H15ClF2N2O3/c18-12-3-1-11(2-4-12)16(24)21-10-9-15(23)22-13-5-7-14(8-6-13)25-17(19)20/h1-8,17H,9-10H2,(H,21,24)(H,22,23). The fourth-order valence-corrected chi connectivity index (χ4v) is 2.06. The SMILES string of the molecule is O=C(CCNC(=O)c1ccc(Cl)cc1)Nc1ccc(OC(F)F)cc1. The van der Waals surface area contributed by atoms with E-state index < -0.39 is 6.61 Å². The number of alkyl halides is 2. The summed E-state index contributed by atoms with van der Waals surface area (Å²) in [6.45, 7) is -2.75. The van der Waals surface area contributed by atoms with Crippen molar-refractivity contribution in [1.82, 2.24) is 5.32 Å². The van der Waals surface area contributed by atoms with E-state index in [1.165, 1.54) is 24.3 Å². The highest BCUT2D eigenvalue weighted by Crippen LogP contribution is 2.17. The molecule has 0 bridgehead atoms. The summed E-state index contributed by atoms with van der Waals surface area (Å²) in [5.74, 6) is -0.625. The molecule has 0 aliphatic carbocycles. The third-order valence-electron chi connectivity index (χ3n) is 3.11. The topological polar surface area (TPSA) is 67.4 Å². The number of rotatable bonds is 7. The van der Waals surface area contributed by atoms with E-state index in [1.54, 1.807) is 24.3 Å². The number of benzene rings is 2. The van der Waals surface area contributed by atoms with Crippen molar-refractivity contribution < 1.29 is 23.1 Å². The molecule has 0 heterocycles. The fraction of sp³-hybridized carbons (Fsp3) is 0.176. The number of nitrogens with one attached hydrogen (secondary N) is 2. The van der Waals surface area contributed by atoms with Crippen LogP contribution in [-0.2, 0) is 4.79 Å². The van der Waals surface area contributed by atoms with Gasteiger partial charge in [-0.3, -0.25) is 9.59 Å². The molecule has 0 fully saturated rings. The summed E-state index contributed by atoms with van der Waals surface area (Å²) in [4.78, 5) is 23.7. The lowest BCUT2D eigenvalue weighted by atomic mass is 10.2. The van der Waals surface area contributed by atoms with E-state index in [0.29, 0.717) is 16.3 Å². The quantitative estimate of drug-likeness (QED) is 0.783. The lowest BCUT2D eigenvalue weighted by molar-refractivity contribution is -0.116. The summed E-state index contributed by atoms with van der Waals surface area (Å²) in [6, 6.07) is 11.9. The van der Waals surface area contributed by atoms with Gasteiger partial charge in [-0.25, -0.2) is 0 Å². The summed E-state index contributed by atoms with van der Waals surface area (Å²) in [6.07, 6.45) is 0.0641. The maximum atomic E-state index is 12.0. The third-order valence-corrected chi connectivity index (χ3v) is 3.36. The average Bonchev–Trinajstić information content (AvgIpc) is 2.56. The molecule has 0 unspecified atom stereocenters. The maximum absolute atomic E-state index is 12.0. The molecule has 0 spiro atoms. The number of carbonyl (C=O) groups excluding carboxylic acids is 2. The van der Waals surface area contributed by atoms with Crippen molar-refractivity contribution in [2.75, 3.05) is 11.9 Å². The van der Waals surface area contributed by atoms with Gasteiger partial charge in [0.05, 0.1) is 0 Å². The molecule has 0 saturated carbocycles. The molecule has 25 heavy (non-hydrogen) atoms. The minimum atomic E-state index is -2.90. The molecule has 8 heteroatoms. The van der Waals surface area contributed by atoms with Gasteiger partial charge in [-0.15, -0.1) is 0 Å². The van der Waals surface area contributed by atoms with Crippen LogP contribution in [0.15, 0.2) is 48.5 Å². The van der Waals surface area contributed by atoms with E-state index in [0.717, 1.165) is 0 Å². The van der Waals surface area contributed by atoms with Crippen LogP contribution < -0.4 is 15.4 Å². The van der Waals surface area contributed by atoms with Crippen LogP contribution in [0.25, 0.3) is 0 Å². The van der Waals surface area contributed by atoms with Gasteiger partial charge in [0.25, 0.3) is 5.91 Å². The van der Waals surface area contributed by atoms with Gasteiger partial charge in [-0.2, -0.15) is 8.78 Å². The molecule has 0 saturated heterocycles. The number of hydrogen-bond donors (Lipinski definition) is 2. The lowest BCUT2D eigenvalue weighted by Crippen LogP contribution is -2.27. The van der Waals surface area contributed by atoms with E-state index in [4.69, 9.17) is 11.6 Å². The van der Waals surface area contributed by atoms with Crippen LogP contribution in [0.5, 0.6) is 5.75 Å². The van der Waals surface area contributed by atoms with Crippen LogP contribution in [0.3, 0.4) is 0 Å². The molecular formula is C17H15ClF2N2O3. The van der Waals surface area contributed by atoms with Crippen molar-refractivity contribution in [3.8, 4) is 5.75 Å². The predicted octanol–water partition coefficient (Wildman–Crippen LogP) is 3.70. The zero-order valence-corrected chi connectivity index (χ0v) is 13.7. The number of ether oxygens (including phenoxy) is 1. The minimum Gasteiger partial charge on any atom is -0.435 e. The number of halogens is 3. The van der Waals surface area contributed by atoms with Gasteiger partial charge in [-0.1, -0.05) is 11.6 Å². The zero-order valence-electron chi connectivity index (χ0n) is 13.0. The summed E-state index contributed by atoms with van der Waals surface area (Å²) >= 11 is 5.74. The highest BCUT2D eigenvalue weighted by atomic mass is 35.5. The molecule has 0 aliphatic heterocycles. The van der Waals surface area contributed by atoms with Gasteiger partial charge in [0.15, 0.2) is 0 Å². The monoisotopic (exact) mass is 368 g/mol. The van der Waals surface area contributed by atoms with Crippen molar-refractivity contribution in [2.45, 2.75) is 13.0 Å². The first-order valence-corrected chi connectivity index (χ1v) is 7.70. The van der Waals surface area contributed by atoms with E-state index in [9.17, 15) is 18.4 Å². The minimum absolute atomic E-state index is 0.00299.